The molecule has 0 fully saturated rings. The van der Waals surface area contributed by atoms with E-state index in [1.54, 1.807) is 25.9 Å². The standard InChI is InChI=1S/C8H16N2O/c1-7(5-4-6-9)8(11)10(2)3/h5H,4,6,9H2,1-3H3. The van der Waals surface area contributed by atoms with Crippen molar-refractivity contribution >= 4 is 5.91 Å². The maximum atomic E-state index is 11.2. The summed E-state index contributed by atoms with van der Waals surface area (Å²) < 4.78 is 0. The molecule has 0 aromatic rings. The van der Waals surface area contributed by atoms with Crippen LogP contribution in [0.1, 0.15) is 13.3 Å². The van der Waals surface area contributed by atoms with Gasteiger partial charge in [-0.15, -0.1) is 0 Å². The molecule has 0 bridgehead atoms. The molecule has 0 aromatic carbocycles. The molecule has 0 aliphatic carbocycles. The van der Waals surface area contributed by atoms with Crippen LogP contribution in [0.4, 0.5) is 0 Å². The largest absolute Gasteiger partial charge is 0.345 e. The summed E-state index contributed by atoms with van der Waals surface area (Å²) in [5.41, 5.74) is 6.05. The van der Waals surface area contributed by atoms with Crippen molar-refractivity contribution in [2.45, 2.75) is 13.3 Å². The molecule has 0 aliphatic heterocycles. The lowest BCUT2D eigenvalue weighted by Gasteiger charge is -2.09. The number of carbonyl (C=O) groups is 1. The quantitative estimate of drug-likeness (QED) is 0.600. The molecular weight excluding hydrogens is 140 g/mol. The fourth-order valence-corrected chi connectivity index (χ4v) is 0.740. The van der Waals surface area contributed by atoms with Gasteiger partial charge in [0.1, 0.15) is 0 Å². The van der Waals surface area contributed by atoms with Crippen LogP contribution >= 0.6 is 0 Å². The summed E-state index contributed by atoms with van der Waals surface area (Å²) in [6, 6.07) is 0. The van der Waals surface area contributed by atoms with E-state index >= 15 is 0 Å². The van der Waals surface area contributed by atoms with Gasteiger partial charge in [-0.3, -0.25) is 4.79 Å². The molecule has 0 saturated heterocycles. The fourth-order valence-electron chi connectivity index (χ4n) is 0.740. The Balaban J connectivity index is 4.01. The Bertz CT molecular complexity index is 161. The molecule has 0 spiro atoms. The van der Waals surface area contributed by atoms with E-state index in [2.05, 4.69) is 0 Å². The van der Waals surface area contributed by atoms with Gasteiger partial charge in [-0.1, -0.05) is 6.08 Å². The van der Waals surface area contributed by atoms with Crippen molar-refractivity contribution in [1.82, 2.24) is 4.90 Å². The van der Waals surface area contributed by atoms with Gasteiger partial charge in [0, 0.05) is 19.7 Å². The van der Waals surface area contributed by atoms with Crippen LogP contribution in [0.5, 0.6) is 0 Å². The minimum absolute atomic E-state index is 0.0541. The zero-order valence-corrected chi connectivity index (χ0v) is 7.42. The highest BCUT2D eigenvalue weighted by atomic mass is 16.2. The molecular formula is C8H16N2O. The lowest BCUT2D eigenvalue weighted by Crippen LogP contribution is -2.22. The highest BCUT2D eigenvalue weighted by Gasteiger charge is 2.04. The molecule has 0 unspecified atom stereocenters. The third kappa shape index (κ3) is 3.78. The molecule has 2 N–H and O–H groups in total. The SMILES string of the molecule is CC(=CCCN)C(=O)N(C)C. The van der Waals surface area contributed by atoms with Gasteiger partial charge in [0.2, 0.25) is 5.91 Å². The van der Waals surface area contributed by atoms with E-state index in [-0.39, 0.29) is 5.91 Å². The summed E-state index contributed by atoms with van der Waals surface area (Å²) in [5, 5.41) is 0. The van der Waals surface area contributed by atoms with Crippen LogP contribution < -0.4 is 5.73 Å². The minimum atomic E-state index is 0.0541. The Hall–Kier alpha value is -0.830. The molecule has 64 valence electrons. The van der Waals surface area contributed by atoms with Gasteiger partial charge in [0.15, 0.2) is 0 Å². The Morgan fingerprint density at radius 2 is 2.09 bits per heavy atom. The van der Waals surface area contributed by atoms with Gasteiger partial charge in [-0.25, -0.2) is 0 Å². The van der Waals surface area contributed by atoms with Crippen LogP contribution in [0.3, 0.4) is 0 Å². The first-order valence-corrected chi connectivity index (χ1v) is 3.68. The minimum Gasteiger partial charge on any atom is -0.345 e. The zero-order chi connectivity index (χ0) is 8.85. The molecule has 0 atom stereocenters. The highest BCUT2D eigenvalue weighted by molar-refractivity contribution is 5.92. The van der Waals surface area contributed by atoms with E-state index in [0.717, 1.165) is 12.0 Å². The van der Waals surface area contributed by atoms with Crippen LogP contribution in [0.2, 0.25) is 0 Å². The molecule has 3 heteroatoms. The van der Waals surface area contributed by atoms with Gasteiger partial charge in [-0.05, 0) is 19.9 Å². The first kappa shape index (κ1) is 10.2. The van der Waals surface area contributed by atoms with Crippen molar-refractivity contribution in [2.24, 2.45) is 5.73 Å². The van der Waals surface area contributed by atoms with E-state index in [1.807, 2.05) is 6.08 Å². The van der Waals surface area contributed by atoms with Gasteiger partial charge in [-0.2, -0.15) is 0 Å². The maximum Gasteiger partial charge on any atom is 0.248 e. The zero-order valence-electron chi connectivity index (χ0n) is 7.42. The Morgan fingerprint density at radius 1 is 1.55 bits per heavy atom. The number of rotatable bonds is 3. The number of hydrogen-bond acceptors (Lipinski definition) is 2. The summed E-state index contributed by atoms with van der Waals surface area (Å²) >= 11 is 0. The van der Waals surface area contributed by atoms with Crippen molar-refractivity contribution in [1.29, 1.82) is 0 Å². The Kier molecular flexibility index (Phi) is 4.54. The maximum absolute atomic E-state index is 11.2. The van der Waals surface area contributed by atoms with E-state index in [4.69, 9.17) is 5.73 Å². The smallest absolute Gasteiger partial charge is 0.248 e. The number of hydrogen-bond donors (Lipinski definition) is 1. The second kappa shape index (κ2) is 4.91. The summed E-state index contributed by atoms with van der Waals surface area (Å²) in [5.74, 6) is 0.0541. The molecule has 0 saturated carbocycles. The summed E-state index contributed by atoms with van der Waals surface area (Å²) in [6.45, 7) is 2.40. The molecule has 0 radical (unpaired) electrons. The predicted molar refractivity (Wildman–Crippen MR) is 46.1 cm³/mol. The molecule has 11 heavy (non-hydrogen) atoms. The van der Waals surface area contributed by atoms with E-state index in [9.17, 15) is 4.79 Å². The summed E-state index contributed by atoms with van der Waals surface area (Å²) in [4.78, 5) is 12.7. The molecule has 0 rings (SSSR count). The Labute approximate surface area is 67.9 Å². The second-order valence-corrected chi connectivity index (χ2v) is 2.66. The van der Waals surface area contributed by atoms with Gasteiger partial charge < -0.3 is 10.6 Å². The first-order chi connectivity index (χ1) is 5.09. The number of likely N-dealkylation sites (N-methyl/N-ethyl adjacent to an activating group) is 1. The third-order valence-corrected chi connectivity index (χ3v) is 1.36. The van der Waals surface area contributed by atoms with Gasteiger partial charge >= 0.3 is 0 Å². The van der Waals surface area contributed by atoms with Crippen LogP contribution in [-0.2, 0) is 4.79 Å². The lowest BCUT2D eigenvalue weighted by atomic mass is 10.2. The number of nitrogens with two attached hydrogens (primary N) is 1. The van der Waals surface area contributed by atoms with Crippen LogP contribution in [-0.4, -0.2) is 31.4 Å². The first-order valence-electron chi connectivity index (χ1n) is 3.68. The number of carbonyl (C=O) groups excluding carboxylic acids is 1. The van der Waals surface area contributed by atoms with Crippen LogP contribution in [0.25, 0.3) is 0 Å². The summed E-state index contributed by atoms with van der Waals surface area (Å²) in [6.07, 6.45) is 2.63. The van der Waals surface area contributed by atoms with Crippen molar-refractivity contribution in [3.05, 3.63) is 11.6 Å². The van der Waals surface area contributed by atoms with Crippen molar-refractivity contribution in [3.63, 3.8) is 0 Å². The van der Waals surface area contributed by atoms with Gasteiger partial charge in [0.05, 0.1) is 0 Å². The topological polar surface area (TPSA) is 46.3 Å². The monoisotopic (exact) mass is 156 g/mol. The highest BCUT2D eigenvalue weighted by Crippen LogP contribution is 1.97. The molecule has 0 heterocycles. The molecule has 3 nitrogen and oxygen atoms in total. The molecule has 0 aromatic heterocycles. The van der Waals surface area contributed by atoms with Crippen molar-refractivity contribution in [2.75, 3.05) is 20.6 Å². The molecule has 1 amide bonds. The van der Waals surface area contributed by atoms with Crippen molar-refractivity contribution in [3.8, 4) is 0 Å². The number of nitrogens with zero attached hydrogens (tertiary/aromatic N) is 1. The number of amides is 1. The van der Waals surface area contributed by atoms with Crippen LogP contribution in [0, 0.1) is 0 Å². The average Bonchev–Trinajstić information content (AvgIpc) is 1.98. The Morgan fingerprint density at radius 3 is 2.45 bits per heavy atom. The van der Waals surface area contributed by atoms with E-state index < -0.39 is 0 Å². The predicted octanol–water partition coefficient (Wildman–Crippen LogP) is 0.370. The van der Waals surface area contributed by atoms with E-state index in [0.29, 0.717) is 6.54 Å². The average molecular weight is 156 g/mol. The molecule has 0 aliphatic rings. The van der Waals surface area contributed by atoms with Gasteiger partial charge in [0.25, 0.3) is 0 Å². The van der Waals surface area contributed by atoms with Crippen LogP contribution in [0.15, 0.2) is 11.6 Å². The lowest BCUT2D eigenvalue weighted by molar-refractivity contribution is -0.124. The third-order valence-electron chi connectivity index (χ3n) is 1.36. The van der Waals surface area contributed by atoms with Crippen molar-refractivity contribution < 1.29 is 4.79 Å². The fraction of sp³-hybridized carbons (Fsp3) is 0.625. The van der Waals surface area contributed by atoms with E-state index in [1.165, 1.54) is 0 Å². The second-order valence-electron chi connectivity index (χ2n) is 2.66. The summed E-state index contributed by atoms with van der Waals surface area (Å²) in [7, 11) is 3.48. The normalized spacial score (nSPS) is 11.5.